The molecule has 0 saturated heterocycles. The number of carbonyl (C=O) groups excluding carboxylic acids is 2. The van der Waals surface area contributed by atoms with E-state index in [2.05, 4.69) is 30.8 Å². The molecule has 0 spiro atoms. The van der Waals surface area contributed by atoms with E-state index in [-0.39, 0.29) is 36.4 Å². The van der Waals surface area contributed by atoms with Crippen LogP contribution in [0.5, 0.6) is 0 Å². The molecule has 6 rings (SSSR count). The lowest BCUT2D eigenvalue weighted by Crippen LogP contribution is -2.56. The van der Waals surface area contributed by atoms with E-state index in [0.29, 0.717) is 34.8 Å². The molecule has 0 bridgehead atoms. The first-order valence-electron chi connectivity index (χ1n) is 18.7. The Bertz CT molecular complexity index is 2100. The SMILES string of the molecule is [2H]C([2H])([2H])n1cc(C[C@@H](NC(=O)[C@@]2(CCCl)C[C@@H]2c2ccc(Cl)nc2C2CC2)C(=O)NC(C)(C)Cn2nc(C(F)(F)F)cc2-c2ccc(C(C)(C)O)nc2)cn1. The van der Waals surface area contributed by atoms with Gasteiger partial charge in [-0.05, 0) is 88.8 Å². The molecule has 4 aromatic rings. The van der Waals surface area contributed by atoms with Gasteiger partial charge in [0.2, 0.25) is 11.8 Å². The first kappa shape index (κ1) is 34.7. The molecule has 0 aliphatic heterocycles. The topological polar surface area (TPSA) is 140 Å². The highest BCUT2D eigenvalue weighted by atomic mass is 35.5. The Morgan fingerprint density at radius 2 is 1.89 bits per heavy atom. The molecule has 3 atom stereocenters. The molecule has 284 valence electrons. The first-order chi connectivity index (χ1) is 26.0. The van der Waals surface area contributed by atoms with E-state index < -0.39 is 53.3 Å². The van der Waals surface area contributed by atoms with E-state index in [1.54, 1.807) is 19.9 Å². The quantitative estimate of drug-likeness (QED) is 0.101. The minimum Gasteiger partial charge on any atom is -0.384 e. The second-order valence-corrected chi connectivity index (χ2v) is 16.0. The Labute approximate surface area is 319 Å². The highest BCUT2D eigenvalue weighted by molar-refractivity contribution is 6.29. The van der Waals surface area contributed by atoms with Crippen LogP contribution in [0.3, 0.4) is 0 Å². The monoisotopic (exact) mass is 777 g/mol. The largest absolute Gasteiger partial charge is 0.435 e. The molecule has 0 radical (unpaired) electrons. The summed E-state index contributed by atoms with van der Waals surface area (Å²) in [6.45, 7) is 3.45. The zero-order chi connectivity index (χ0) is 41.0. The molecule has 3 N–H and O–H groups in total. The molecule has 0 aromatic carbocycles. The van der Waals surface area contributed by atoms with Crippen LogP contribution in [0.15, 0.2) is 48.9 Å². The Kier molecular flexibility index (Phi) is 9.39. The zero-order valence-corrected chi connectivity index (χ0v) is 31.1. The lowest BCUT2D eigenvalue weighted by atomic mass is 9.92. The first-order valence-corrected chi connectivity index (χ1v) is 18.2. The maximum absolute atomic E-state index is 14.3. The number of aliphatic hydroxyl groups is 1. The second kappa shape index (κ2) is 14.3. The van der Waals surface area contributed by atoms with E-state index in [1.807, 2.05) is 6.07 Å². The van der Waals surface area contributed by atoms with Crippen molar-refractivity contribution in [2.24, 2.45) is 12.4 Å². The van der Waals surface area contributed by atoms with Gasteiger partial charge in [-0.3, -0.25) is 23.9 Å². The minimum atomic E-state index is -4.77. The normalized spacial score (nSPS) is 20.6. The van der Waals surface area contributed by atoms with Gasteiger partial charge >= 0.3 is 6.18 Å². The van der Waals surface area contributed by atoms with Gasteiger partial charge in [0, 0.05) is 58.9 Å². The van der Waals surface area contributed by atoms with Crippen LogP contribution in [0.2, 0.25) is 5.15 Å². The summed E-state index contributed by atoms with van der Waals surface area (Å²) in [5, 5.41) is 24.2. The maximum atomic E-state index is 14.3. The van der Waals surface area contributed by atoms with E-state index in [4.69, 9.17) is 27.3 Å². The van der Waals surface area contributed by atoms with Gasteiger partial charge in [-0.15, -0.1) is 11.6 Å². The fourth-order valence-electron chi connectivity index (χ4n) is 6.82. The van der Waals surface area contributed by atoms with Crippen LogP contribution in [0, 0.1) is 5.41 Å². The molecule has 53 heavy (non-hydrogen) atoms. The number of rotatable bonds is 14. The van der Waals surface area contributed by atoms with Crippen LogP contribution in [0.1, 0.15) is 97.5 Å². The molecule has 2 amide bonds. The molecule has 11 nitrogen and oxygen atoms in total. The van der Waals surface area contributed by atoms with Crippen molar-refractivity contribution in [3.05, 3.63) is 82.3 Å². The van der Waals surface area contributed by atoms with Crippen molar-refractivity contribution in [2.45, 2.75) is 102 Å². The van der Waals surface area contributed by atoms with Crippen LogP contribution in [-0.2, 0) is 41.3 Å². The number of aryl methyl sites for hydroxylation is 1. The third-order valence-corrected chi connectivity index (χ3v) is 10.2. The lowest BCUT2D eigenvalue weighted by Gasteiger charge is -2.30. The predicted octanol–water partition coefficient (Wildman–Crippen LogP) is 6.28. The summed E-state index contributed by atoms with van der Waals surface area (Å²) in [4.78, 5) is 37.4. The van der Waals surface area contributed by atoms with E-state index in [0.717, 1.165) is 39.5 Å². The second-order valence-electron chi connectivity index (χ2n) is 15.2. The average Bonchev–Trinajstić information content (AvgIpc) is 3.96. The molecular formula is C37H43Cl2F3N8O3. The summed E-state index contributed by atoms with van der Waals surface area (Å²) >= 11 is 12.5. The van der Waals surface area contributed by atoms with Crippen LogP contribution < -0.4 is 10.6 Å². The van der Waals surface area contributed by atoms with Crippen molar-refractivity contribution in [1.29, 1.82) is 0 Å². The average molecular weight is 779 g/mol. The Morgan fingerprint density at radius 3 is 2.49 bits per heavy atom. The third-order valence-electron chi connectivity index (χ3n) is 9.79. The number of nitrogens with zero attached hydrogens (tertiary/aromatic N) is 6. The molecular weight excluding hydrogens is 732 g/mol. The van der Waals surface area contributed by atoms with Gasteiger partial charge in [-0.1, -0.05) is 17.7 Å². The zero-order valence-electron chi connectivity index (χ0n) is 32.6. The van der Waals surface area contributed by atoms with Gasteiger partial charge in [0.05, 0.1) is 35.1 Å². The lowest BCUT2D eigenvalue weighted by molar-refractivity contribution is -0.141. The van der Waals surface area contributed by atoms with Gasteiger partial charge in [-0.2, -0.15) is 23.4 Å². The molecule has 2 aliphatic carbocycles. The van der Waals surface area contributed by atoms with E-state index in [1.165, 1.54) is 44.6 Å². The molecule has 2 fully saturated rings. The Balaban J connectivity index is 1.27. The van der Waals surface area contributed by atoms with E-state index >= 15 is 0 Å². The fraction of sp³-hybridized carbons (Fsp3) is 0.514. The summed E-state index contributed by atoms with van der Waals surface area (Å²) in [6, 6.07) is 6.24. The number of alkyl halides is 4. The third kappa shape index (κ3) is 8.70. The molecule has 4 heterocycles. The number of carbonyl (C=O) groups is 2. The Hall–Kier alpha value is -4.01. The summed E-state index contributed by atoms with van der Waals surface area (Å²) in [7, 11) is 0. The van der Waals surface area contributed by atoms with Crippen molar-refractivity contribution in [3.63, 3.8) is 0 Å². The molecule has 4 aromatic heterocycles. The summed E-state index contributed by atoms with van der Waals surface area (Å²) < 4.78 is 66.9. The highest BCUT2D eigenvalue weighted by Gasteiger charge is 2.61. The summed E-state index contributed by atoms with van der Waals surface area (Å²) in [5.74, 6) is -0.903. The summed E-state index contributed by atoms with van der Waals surface area (Å²) in [6.07, 6.45) is 1.68. The number of hydrogen-bond acceptors (Lipinski definition) is 7. The number of nitrogens with one attached hydrogen (secondary N) is 2. The highest BCUT2D eigenvalue weighted by Crippen LogP contribution is 2.63. The molecule has 2 aliphatic rings. The molecule has 0 unspecified atom stereocenters. The predicted molar refractivity (Wildman–Crippen MR) is 193 cm³/mol. The minimum absolute atomic E-state index is 0.0708. The van der Waals surface area contributed by atoms with E-state index in [9.17, 15) is 27.9 Å². The van der Waals surface area contributed by atoms with Gasteiger partial charge in [-0.25, -0.2) is 4.98 Å². The van der Waals surface area contributed by atoms with Crippen molar-refractivity contribution in [3.8, 4) is 11.3 Å². The van der Waals surface area contributed by atoms with Crippen LogP contribution in [-0.4, -0.2) is 63.9 Å². The maximum Gasteiger partial charge on any atom is 0.435 e. The van der Waals surface area contributed by atoms with Crippen LogP contribution in [0.25, 0.3) is 11.3 Å². The number of halogens is 5. The fourth-order valence-corrected chi connectivity index (χ4v) is 7.32. The number of pyridine rings is 2. The number of hydrogen-bond donors (Lipinski definition) is 3. The smallest absolute Gasteiger partial charge is 0.384 e. The van der Waals surface area contributed by atoms with Crippen LogP contribution in [0.4, 0.5) is 13.2 Å². The van der Waals surface area contributed by atoms with Gasteiger partial charge in [0.1, 0.15) is 16.8 Å². The van der Waals surface area contributed by atoms with Gasteiger partial charge < -0.3 is 15.7 Å². The molecule has 2 saturated carbocycles. The van der Waals surface area contributed by atoms with Gasteiger partial charge in [0.15, 0.2) is 5.69 Å². The van der Waals surface area contributed by atoms with Crippen molar-refractivity contribution < 1.29 is 32.0 Å². The number of aromatic nitrogens is 6. The van der Waals surface area contributed by atoms with Crippen molar-refractivity contribution in [1.82, 2.24) is 40.2 Å². The standard InChI is InChI=1S/C37H43Cl2F3N8O3/c1-34(2,20-50-27(15-29(48-50)37(40,41)42)23-8-10-28(43-18-23)35(3,4)53)47-32(51)26(14-21-17-44-49(5)19-21)45-33(52)36(12-13-38)16-25(36)24-9-11-30(39)46-31(24)22-6-7-22/h8-11,15,17-19,22,25-26,53H,6-7,12-14,16,20H2,1-5H3,(H,45,52)(H,47,51)/t25-,26-,36+/m1/s1/i5D3. The van der Waals surface area contributed by atoms with Crippen LogP contribution >= 0.6 is 23.2 Å². The summed E-state index contributed by atoms with van der Waals surface area (Å²) in [5.41, 5.74) is -1.84. The molecule has 16 heteroatoms. The number of amides is 2. The van der Waals surface area contributed by atoms with Gasteiger partial charge in [0.25, 0.3) is 0 Å². The Morgan fingerprint density at radius 1 is 1.13 bits per heavy atom. The van der Waals surface area contributed by atoms with Crippen molar-refractivity contribution >= 4 is 35.0 Å². The van der Waals surface area contributed by atoms with Crippen molar-refractivity contribution in [2.75, 3.05) is 5.88 Å².